The number of nitrogens with one attached hydrogen (secondary N) is 1. The number of amides is 1. The van der Waals surface area contributed by atoms with E-state index in [-0.39, 0.29) is 18.1 Å². The predicted molar refractivity (Wildman–Crippen MR) is 80.8 cm³/mol. The number of hydrogen-bond acceptors (Lipinski definition) is 4. The van der Waals surface area contributed by atoms with Crippen LogP contribution in [0.15, 0.2) is 36.4 Å². The Hall–Kier alpha value is -1.85. The smallest absolute Gasteiger partial charge is 0.247 e. The fraction of sp³-hybridized carbons (Fsp3) is 0.438. The van der Waals surface area contributed by atoms with Crippen molar-refractivity contribution in [2.45, 2.75) is 26.1 Å². The summed E-state index contributed by atoms with van der Waals surface area (Å²) in [5.41, 5.74) is 2.00. The van der Waals surface area contributed by atoms with E-state index in [0.29, 0.717) is 6.67 Å². The Kier molecular flexibility index (Phi) is 3.94. The van der Waals surface area contributed by atoms with E-state index in [1.165, 1.54) is 0 Å². The van der Waals surface area contributed by atoms with Crippen molar-refractivity contribution in [2.75, 3.05) is 19.8 Å². The largest absolute Gasteiger partial charge is 0.373 e. The monoisotopic (exact) mass is 287 g/mol. The SMILES string of the molecule is CC1CN(N2CNC(=O)C=C2c2ccccc2)CC(C)O1. The molecule has 112 valence electrons. The summed E-state index contributed by atoms with van der Waals surface area (Å²) in [6.07, 6.45) is 2.04. The number of carbonyl (C=O) groups is 1. The van der Waals surface area contributed by atoms with Crippen LogP contribution in [0.3, 0.4) is 0 Å². The number of hydrazine groups is 1. The van der Waals surface area contributed by atoms with Gasteiger partial charge in [0.05, 0.1) is 17.9 Å². The first-order valence-corrected chi connectivity index (χ1v) is 7.36. The second-order valence-corrected chi connectivity index (χ2v) is 5.62. The van der Waals surface area contributed by atoms with E-state index >= 15 is 0 Å². The van der Waals surface area contributed by atoms with E-state index in [1.807, 2.05) is 30.3 Å². The molecule has 5 heteroatoms. The molecule has 0 aliphatic carbocycles. The number of ether oxygens (including phenoxy) is 1. The number of rotatable bonds is 2. The lowest BCUT2D eigenvalue weighted by Gasteiger charge is -2.45. The van der Waals surface area contributed by atoms with Crippen molar-refractivity contribution in [3.8, 4) is 0 Å². The molecule has 21 heavy (non-hydrogen) atoms. The van der Waals surface area contributed by atoms with Gasteiger partial charge in [0.15, 0.2) is 0 Å². The summed E-state index contributed by atoms with van der Waals surface area (Å²) in [5.74, 6) is -0.0422. The second-order valence-electron chi connectivity index (χ2n) is 5.62. The molecule has 2 atom stereocenters. The van der Waals surface area contributed by atoms with Crippen LogP contribution < -0.4 is 5.32 Å². The molecule has 3 rings (SSSR count). The summed E-state index contributed by atoms with van der Waals surface area (Å²) in [4.78, 5) is 11.7. The standard InChI is InChI=1S/C16H21N3O2/c1-12-9-18(10-13(2)21-12)19-11-17-16(20)8-15(19)14-6-4-3-5-7-14/h3-8,12-13H,9-11H2,1-2H3,(H,17,20). The van der Waals surface area contributed by atoms with Crippen LogP contribution in [-0.4, -0.2) is 47.9 Å². The molecule has 2 heterocycles. The Labute approximate surface area is 125 Å². The van der Waals surface area contributed by atoms with E-state index in [4.69, 9.17) is 4.74 Å². The number of morpholine rings is 1. The van der Waals surface area contributed by atoms with Gasteiger partial charge in [-0.3, -0.25) is 9.80 Å². The van der Waals surface area contributed by atoms with Crippen LogP contribution in [0.5, 0.6) is 0 Å². The number of nitrogens with zero attached hydrogens (tertiary/aromatic N) is 2. The van der Waals surface area contributed by atoms with Crippen LogP contribution in [0.4, 0.5) is 0 Å². The Morgan fingerprint density at radius 3 is 2.48 bits per heavy atom. The van der Waals surface area contributed by atoms with Crippen LogP contribution in [-0.2, 0) is 9.53 Å². The summed E-state index contributed by atoms with van der Waals surface area (Å²) < 4.78 is 5.79. The topological polar surface area (TPSA) is 44.8 Å². The van der Waals surface area contributed by atoms with Gasteiger partial charge < -0.3 is 10.1 Å². The third kappa shape index (κ3) is 3.09. The van der Waals surface area contributed by atoms with E-state index < -0.39 is 0 Å². The summed E-state index contributed by atoms with van der Waals surface area (Å²) in [5, 5.41) is 7.29. The lowest BCUT2D eigenvalue weighted by atomic mass is 10.1. The van der Waals surface area contributed by atoms with Gasteiger partial charge >= 0.3 is 0 Å². The first-order chi connectivity index (χ1) is 10.1. The molecule has 1 saturated heterocycles. The lowest BCUT2D eigenvalue weighted by Crippen LogP contribution is -2.57. The zero-order valence-electron chi connectivity index (χ0n) is 12.5. The molecule has 2 aliphatic heterocycles. The first-order valence-electron chi connectivity index (χ1n) is 7.36. The average Bonchev–Trinajstić information content (AvgIpc) is 2.47. The van der Waals surface area contributed by atoms with Gasteiger partial charge in [-0.25, -0.2) is 5.01 Å². The minimum Gasteiger partial charge on any atom is -0.373 e. The zero-order valence-corrected chi connectivity index (χ0v) is 12.5. The average molecular weight is 287 g/mol. The molecular weight excluding hydrogens is 266 g/mol. The molecule has 1 aromatic rings. The molecule has 0 radical (unpaired) electrons. The van der Waals surface area contributed by atoms with E-state index in [2.05, 4.69) is 29.2 Å². The highest BCUT2D eigenvalue weighted by Crippen LogP contribution is 2.25. The highest BCUT2D eigenvalue weighted by Gasteiger charge is 2.30. The van der Waals surface area contributed by atoms with E-state index in [0.717, 1.165) is 24.4 Å². The van der Waals surface area contributed by atoms with E-state index in [9.17, 15) is 4.79 Å². The van der Waals surface area contributed by atoms with Crippen molar-refractivity contribution in [3.05, 3.63) is 42.0 Å². The highest BCUT2D eigenvalue weighted by molar-refractivity contribution is 5.96. The number of carbonyl (C=O) groups excluding carboxylic acids is 1. The van der Waals surface area contributed by atoms with Crippen molar-refractivity contribution < 1.29 is 9.53 Å². The van der Waals surface area contributed by atoms with Gasteiger partial charge in [0, 0.05) is 19.2 Å². The third-order valence-electron chi connectivity index (χ3n) is 3.76. The quantitative estimate of drug-likeness (QED) is 0.894. The Bertz CT molecular complexity index is 534. The van der Waals surface area contributed by atoms with Crippen LogP contribution in [0, 0.1) is 0 Å². The lowest BCUT2D eigenvalue weighted by molar-refractivity contribution is -0.134. The third-order valence-corrected chi connectivity index (χ3v) is 3.76. The Morgan fingerprint density at radius 2 is 1.81 bits per heavy atom. The van der Waals surface area contributed by atoms with E-state index in [1.54, 1.807) is 6.08 Å². The van der Waals surface area contributed by atoms with Gasteiger partial charge in [0.25, 0.3) is 0 Å². The summed E-state index contributed by atoms with van der Waals surface area (Å²) >= 11 is 0. The normalized spacial score (nSPS) is 27.2. The molecule has 1 N–H and O–H groups in total. The summed E-state index contributed by atoms with van der Waals surface area (Å²) in [6, 6.07) is 10.0. The maximum Gasteiger partial charge on any atom is 0.247 e. The van der Waals surface area contributed by atoms with Gasteiger partial charge in [-0.2, -0.15) is 0 Å². The van der Waals surface area contributed by atoms with Crippen molar-refractivity contribution in [1.29, 1.82) is 0 Å². The van der Waals surface area contributed by atoms with Crippen LogP contribution in [0.2, 0.25) is 0 Å². The maximum atomic E-state index is 11.7. The molecule has 0 spiro atoms. The minimum atomic E-state index is -0.0422. The van der Waals surface area contributed by atoms with Crippen molar-refractivity contribution in [1.82, 2.24) is 15.3 Å². The highest BCUT2D eigenvalue weighted by atomic mass is 16.5. The van der Waals surface area contributed by atoms with Crippen molar-refractivity contribution in [3.63, 3.8) is 0 Å². The molecule has 1 aromatic carbocycles. The second kappa shape index (κ2) is 5.87. The number of hydrogen-bond donors (Lipinski definition) is 1. The van der Waals surface area contributed by atoms with Crippen LogP contribution in [0.25, 0.3) is 5.70 Å². The Morgan fingerprint density at radius 1 is 1.14 bits per heavy atom. The molecule has 2 aliphatic rings. The molecule has 1 fully saturated rings. The molecule has 1 amide bonds. The maximum absolute atomic E-state index is 11.7. The zero-order chi connectivity index (χ0) is 14.8. The molecule has 2 unspecified atom stereocenters. The van der Waals surface area contributed by atoms with Gasteiger partial charge in [-0.1, -0.05) is 30.3 Å². The van der Waals surface area contributed by atoms with Gasteiger partial charge in [-0.15, -0.1) is 0 Å². The van der Waals surface area contributed by atoms with Crippen LogP contribution in [0.1, 0.15) is 19.4 Å². The predicted octanol–water partition coefficient (Wildman–Crippen LogP) is 1.44. The fourth-order valence-electron chi connectivity index (χ4n) is 2.93. The number of benzene rings is 1. The van der Waals surface area contributed by atoms with Crippen molar-refractivity contribution in [2.24, 2.45) is 0 Å². The van der Waals surface area contributed by atoms with Gasteiger partial charge in [0.2, 0.25) is 5.91 Å². The fourth-order valence-corrected chi connectivity index (χ4v) is 2.93. The molecular formula is C16H21N3O2. The minimum absolute atomic E-state index is 0.0422. The summed E-state index contributed by atoms with van der Waals surface area (Å²) in [7, 11) is 0. The van der Waals surface area contributed by atoms with Gasteiger partial charge in [0.1, 0.15) is 6.67 Å². The van der Waals surface area contributed by atoms with Crippen molar-refractivity contribution >= 4 is 11.6 Å². The van der Waals surface area contributed by atoms with Crippen LogP contribution >= 0.6 is 0 Å². The molecule has 0 aromatic heterocycles. The molecule has 5 nitrogen and oxygen atoms in total. The molecule has 0 bridgehead atoms. The first kappa shape index (κ1) is 14.1. The summed E-state index contributed by atoms with van der Waals surface area (Å²) in [6.45, 7) is 6.31. The Balaban J connectivity index is 1.89. The molecule has 0 saturated carbocycles. The van der Waals surface area contributed by atoms with Gasteiger partial charge in [-0.05, 0) is 19.4 Å².